The van der Waals surface area contributed by atoms with E-state index in [1.165, 1.54) is 12.3 Å². The Balaban J connectivity index is 2.59. The van der Waals surface area contributed by atoms with Crippen molar-refractivity contribution in [1.82, 2.24) is 4.98 Å². The number of benzene rings is 1. The molecule has 0 fully saturated rings. The molecule has 110 valence electrons. The molecule has 0 aliphatic heterocycles. The predicted octanol–water partition coefficient (Wildman–Crippen LogP) is 2.79. The van der Waals surface area contributed by atoms with Gasteiger partial charge in [-0.05, 0) is 23.8 Å². The predicted molar refractivity (Wildman–Crippen MR) is 66.4 cm³/mol. The Hall–Kier alpha value is -2.48. The van der Waals surface area contributed by atoms with Gasteiger partial charge in [0.05, 0.1) is 4.92 Å². The van der Waals surface area contributed by atoms with Gasteiger partial charge in [0.2, 0.25) is 5.60 Å². The minimum atomic E-state index is -5.01. The third kappa shape index (κ3) is 2.57. The highest BCUT2D eigenvalue weighted by atomic mass is 19.4. The molecule has 1 heterocycles. The van der Waals surface area contributed by atoms with Crippen LogP contribution in [0.2, 0.25) is 0 Å². The second-order valence-electron chi connectivity index (χ2n) is 4.25. The van der Waals surface area contributed by atoms with Gasteiger partial charge in [-0.15, -0.1) is 0 Å². The maximum atomic E-state index is 13.3. The van der Waals surface area contributed by atoms with E-state index in [9.17, 15) is 28.4 Å². The normalized spacial score (nSPS) is 14.5. The van der Waals surface area contributed by atoms with Gasteiger partial charge in [-0.25, -0.2) is 0 Å². The second kappa shape index (κ2) is 5.13. The van der Waals surface area contributed by atoms with Crippen LogP contribution >= 0.6 is 0 Å². The number of alkyl halides is 3. The fourth-order valence-corrected chi connectivity index (χ4v) is 1.90. The summed E-state index contributed by atoms with van der Waals surface area (Å²) in [5.74, 6) is 0. The molecule has 1 unspecified atom stereocenters. The van der Waals surface area contributed by atoms with Crippen LogP contribution < -0.4 is 0 Å². The summed E-state index contributed by atoms with van der Waals surface area (Å²) >= 11 is 0. The Morgan fingerprint density at radius 1 is 1.10 bits per heavy atom. The van der Waals surface area contributed by atoms with Crippen LogP contribution in [0.5, 0.6) is 0 Å². The zero-order valence-corrected chi connectivity index (χ0v) is 10.4. The zero-order chi connectivity index (χ0) is 15.7. The lowest BCUT2D eigenvalue weighted by molar-refractivity contribution is -0.384. The highest BCUT2D eigenvalue weighted by Crippen LogP contribution is 2.44. The van der Waals surface area contributed by atoms with Crippen LogP contribution in [-0.4, -0.2) is 21.2 Å². The Labute approximate surface area is 116 Å². The SMILES string of the molecule is O=[N+]([O-])c1ccc(C(O)(c2cccnc2)C(F)(F)F)cc1. The Morgan fingerprint density at radius 2 is 1.71 bits per heavy atom. The summed E-state index contributed by atoms with van der Waals surface area (Å²) in [6.07, 6.45) is -2.84. The molecule has 0 bridgehead atoms. The molecule has 0 aliphatic carbocycles. The minimum Gasteiger partial charge on any atom is -0.372 e. The van der Waals surface area contributed by atoms with Crippen LogP contribution in [0.15, 0.2) is 48.8 Å². The molecule has 2 rings (SSSR count). The van der Waals surface area contributed by atoms with Gasteiger partial charge in [0, 0.05) is 30.1 Å². The number of nitro benzene ring substituents is 1. The molecule has 5 nitrogen and oxygen atoms in total. The molecule has 1 aromatic carbocycles. The highest BCUT2D eigenvalue weighted by molar-refractivity contribution is 5.41. The topological polar surface area (TPSA) is 76.3 Å². The molecular weight excluding hydrogens is 289 g/mol. The summed E-state index contributed by atoms with van der Waals surface area (Å²) in [5.41, 5.74) is -4.63. The van der Waals surface area contributed by atoms with Crippen molar-refractivity contribution in [3.63, 3.8) is 0 Å². The molecule has 21 heavy (non-hydrogen) atoms. The number of hydrogen-bond donors (Lipinski definition) is 1. The number of hydrogen-bond acceptors (Lipinski definition) is 4. The van der Waals surface area contributed by atoms with Gasteiger partial charge in [-0.2, -0.15) is 13.2 Å². The van der Waals surface area contributed by atoms with Crippen LogP contribution in [-0.2, 0) is 5.60 Å². The Kier molecular flexibility index (Phi) is 3.65. The highest BCUT2D eigenvalue weighted by Gasteiger charge is 2.56. The first kappa shape index (κ1) is 14.9. The molecular formula is C13H9F3N2O3. The van der Waals surface area contributed by atoms with Crippen molar-refractivity contribution in [3.05, 3.63) is 70.0 Å². The summed E-state index contributed by atoms with van der Waals surface area (Å²) in [7, 11) is 0. The van der Waals surface area contributed by atoms with Gasteiger partial charge in [-0.3, -0.25) is 15.1 Å². The lowest BCUT2D eigenvalue weighted by Gasteiger charge is -2.31. The van der Waals surface area contributed by atoms with E-state index in [0.717, 1.165) is 36.5 Å². The summed E-state index contributed by atoms with van der Waals surface area (Å²) in [4.78, 5) is 13.4. The smallest absolute Gasteiger partial charge is 0.372 e. The number of aliphatic hydroxyl groups is 1. The summed E-state index contributed by atoms with van der Waals surface area (Å²) in [5, 5.41) is 20.7. The first-order chi connectivity index (χ1) is 9.76. The molecule has 1 N–H and O–H groups in total. The molecule has 0 aliphatic rings. The van der Waals surface area contributed by atoms with E-state index in [-0.39, 0.29) is 5.69 Å². The van der Waals surface area contributed by atoms with E-state index in [2.05, 4.69) is 4.98 Å². The van der Waals surface area contributed by atoms with Crippen LogP contribution in [0.4, 0.5) is 18.9 Å². The molecule has 0 saturated carbocycles. The maximum absolute atomic E-state index is 13.3. The van der Waals surface area contributed by atoms with Gasteiger partial charge in [0.1, 0.15) is 0 Å². The van der Waals surface area contributed by atoms with E-state index in [1.807, 2.05) is 0 Å². The molecule has 1 aromatic heterocycles. The van der Waals surface area contributed by atoms with E-state index in [0.29, 0.717) is 0 Å². The van der Waals surface area contributed by atoms with Gasteiger partial charge in [0.25, 0.3) is 5.69 Å². The average molecular weight is 298 g/mol. The second-order valence-corrected chi connectivity index (χ2v) is 4.25. The molecule has 1 atom stereocenters. The number of pyridine rings is 1. The summed E-state index contributed by atoms with van der Waals surface area (Å²) in [6.45, 7) is 0. The van der Waals surface area contributed by atoms with Crippen LogP contribution in [0.25, 0.3) is 0 Å². The van der Waals surface area contributed by atoms with E-state index in [4.69, 9.17) is 0 Å². The number of aromatic nitrogens is 1. The van der Waals surface area contributed by atoms with Gasteiger partial charge in [-0.1, -0.05) is 6.07 Å². The summed E-state index contributed by atoms with van der Waals surface area (Å²) in [6, 6.07) is 5.90. The maximum Gasteiger partial charge on any atom is 0.425 e. The van der Waals surface area contributed by atoms with E-state index in [1.54, 1.807) is 0 Å². The lowest BCUT2D eigenvalue weighted by Crippen LogP contribution is -2.43. The standard InChI is InChI=1S/C13H9F3N2O3/c14-13(15,16)12(19,10-2-1-7-17-8-10)9-3-5-11(6-4-9)18(20)21/h1-8,19H. The molecule has 2 aromatic rings. The van der Waals surface area contributed by atoms with Crippen molar-refractivity contribution in [2.24, 2.45) is 0 Å². The number of non-ortho nitro benzene ring substituents is 1. The van der Waals surface area contributed by atoms with E-state index >= 15 is 0 Å². The third-order valence-electron chi connectivity index (χ3n) is 2.99. The average Bonchev–Trinajstić information content (AvgIpc) is 2.46. The molecule has 0 saturated heterocycles. The monoisotopic (exact) mass is 298 g/mol. The van der Waals surface area contributed by atoms with Crippen LogP contribution in [0.1, 0.15) is 11.1 Å². The quantitative estimate of drug-likeness (QED) is 0.698. The fraction of sp³-hybridized carbons (Fsp3) is 0.154. The Morgan fingerprint density at radius 3 is 2.14 bits per heavy atom. The van der Waals surface area contributed by atoms with Crippen molar-refractivity contribution < 1.29 is 23.2 Å². The lowest BCUT2D eigenvalue weighted by atomic mass is 9.86. The van der Waals surface area contributed by atoms with Crippen molar-refractivity contribution in [1.29, 1.82) is 0 Å². The number of nitrogens with zero attached hydrogens (tertiary/aromatic N) is 2. The summed E-state index contributed by atoms with van der Waals surface area (Å²) < 4.78 is 40.0. The Bertz CT molecular complexity index is 644. The van der Waals surface area contributed by atoms with Crippen LogP contribution in [0.3, 0.4) is 0 Å². The van der Waals surface area contributed by atoms with Gasteiger partial charge < -0.3 is 5.11 Å². The molecule has 0 amide bonds. The van der Waals surface area contributed by atoms with Crippen molar-refractivity contribution in [2.75, 3.05) is 0 Å². The van der Waals surface area contributed by atoms with Gasteiger partial charge in [0.15, 0.2) is 0 Å². The minimum absolute atomic E-state index is 0.366. The van der Waals surface area contributed by atoms with Crippen molar-refractivity contribution in [3.8, 4) is 0 Å². The number of rotatable bonds is 3. The third-order valence-corrected chi connectivity index (χ3v) is 2.99. The first-order valence-corrected chi connectivity index (χ1v) is 5.71. The van der Waals surface area contributed by atoms with Gasteiger partial charge >= 0.3 is 6.18 Å². The fourth-order valence-electron chi connectivity index (χ4n) is 1.90. The first-order valence-electron chi connectivity index (χ1n) is 5.71. The van der Waals surface area contributed by atoms with Crippen molar-refractivity contribution in [2.45, 2.75) is 11.8 Å². The van der Waals surface area contributed by atoms with E-state index < -0.39 is 27.8 Å². The van der Waals surface area contributed by atoms with Crippen molar-refractivity contribution >= 4 is 5.69 Å². The van der Waals surface area contributed by atoms with Crippen LogP contribution in [0, 0.1) is 10.1 Å². The largest absolute Gasteiger partial charge is 0.425 e. The molecule has 0 spiro atoms. The number of nitro groups is 1. The molecule has 8 heteroatoms. The number of halogens is 3. The molecule has 0 radical (unpaired) electrons. The zero-order valence-electron chi connectivity index (χ0n) is 10.4.